The molecule has 3 aromatic heterocycles. The standard InChI is InChI=1S/C18H22N6OS/c19-17-16-14(7-4-10-20-16)22-24(17)23(18-21-11-12-26-18)15(25)9-8-13-5-2-1-3-6-13/h4,7,10-13H,1-3,5-6,8-9,19H2. The first-order chi connectivity index (χ1) is 12.7. The van der Waals surface area contributed by atoms with Gasteiger partial charge in [0.15, 0.2) is 5.82 Å². The Bertz CT molecular complexity index is 884. The molecule has 0 aromatic carbocycles. The first kappa shape index (κ1) is 17.0. The molecule has 136 valence electrons. The van der Waals surface area contributed by atoms with Gasteiger partial charge in [0.05, 0.1) is 0 Å². The second-order valence-corrected chi connectivity index (χ2v) is 7.58. The molecule has 1 aliphatic rings. The minimum Gasteiger partial charge on any atom is -0.380 e. The molecule has 0 aliphatic heterocycles. The van der Waals surface area contributed by atoms with Crippen molar-refractivity contribution in [3.63, 3.8) is 0 Å². The quantitative estimate of drug-likeness (QED) is 0.741. The fourth-order valence-electron chi connectivity index (χ4n) is 3.60. The molecule has 0 unspecified atom stereocenters. The Balaban J connectivity index is 1.61. The first-order valence-electron chi connectivity index (χ1n) is 9.06. The van der Waals surface area contributed by atoms with Crippen molar-refractivity contribution in [2.45, 2.75) is 44.9 Å². The molecule has 1 aliphatic carbocycles. The van der Waals surface area contributed by atoms with E-state index in [0.29, 0.717) is 34.3 Å². The highest BCUT2D eigenvalue weighted by Gasteiger charge is 2.26. The highest BCUT2D eigenvalue weighted by atomic mass is 32.1. The van der Waals surface area contributed by atoms with E-state index in [0.717, 1.165) is 6.42 Å². The van der Waals surface area contributed by atoms with Gasteiger partial charge in [-0.3, -0.25) is 9.78 Å². The van der Waals surface area contributed by atoms with Crippen LogP contribution in [0.25, 0.3) is 11.0 Å². The summed E-state index contributed by atoms with van der Waals surface area (Å²) in [4.78, 5) is 23.1. The van der Waals surface area contributed by atoms with Crippen LogP contribution in [0, 0.1) is 5.92 Å². The summed E-state index contributed by atoms with van der Waals surface area (Å²) < 4.78 is 0. The van der Waals surface area contributed by atoms with E-state index >= 15 is 0 Å². The number of thiazole rings is 1. The topological polar surface area (TPSA) is 89.9 Å². The highest BCUT2D eigenvalue weighted by Crippen LogP contribution is 2.29. The maximum Gasteiger partial charge on any atom is 0.249 e. The number of aromatic nitrogens is 4. The second kappa shape index (κ2) is 7.41. The zero-order valence-corrected chi connectivity index (χ0v) is 15.4. The van der Waals surface area contributed by atoms with E-state index in [1.165, 1.54) is 53.2 Å². The van der Waals surface area contributed by atoms with Gasteiger partial charge in [-0.1, -0.05) is 32.1 Å². The van der Waals surface area contributed by atoms with Crippen LogP contribution in [0.1, 0.15) is 44.9 Å². The van der Waals surface area contributed by atoms with Gasteiger partial charge < -0.3 is 5.73 Å². The predicted molar refractivity (Wildman–Crippen MR) is 103 cm³/mol. The summed E-state index contributed by atoms with van der Waals surface area (Å²) in [6.45, 7) is 0. The van der Waals surface area contributed by atoms with Crippen LogP contribution in [-0.2, 0) is 4.79 Å². The summed E-state index contributed by atoms with van der Waals surface area (Å²) in [5.74, 6) is 0.952. The number of nitrogen functional groups attached to an aromatic ring is 1. The minimum atomic E-state index is -0.0370. The molecule has 0 bridgehead atoms. The fourth-order valence-corrected chi connectivity index (χ4v) is 4.25. The minimum absolute atomic E-state index is 0.0370. The number of anilines is 2. The summed E-state index contributed by atoms with van der Waals surface area (Å²) in [7, 11) is 0. The lowest BCUT2D eigenvalue weighted by Crippen LogP contribution is -2.37. The maximum atomic E-state index is 13.1. The number of fused-ring (bicyclic) bond motifs is 1. The van der Waals surface area contributed by atoms with Gasteiger partial charge in [-0.05, 0) is 24.5 Å². The van der Waals surface area contributed by atoms with Crippen molar-refractivity contribution in [2.75, 3.05) is 10.7 Å². The smallest absolute Gasteiger partial charge is 0.249 e. The van der Waals surface area contributed by atoms with Crippen molar-refractivity contribution in [1.82, 2.24) is 19.9 Å². The molecule has 0 saturated heterocycles. The molecule has 0 spiro atoms. The van der Waals surface area contributed by atoms with Crippen molar-refractivity contribution in [1.29, 1.82) is 0 Å². The number of nitrogens with zero attached hydrogens (tertiary/aromatic N) is 5. The number of hydrogen-bond acceptors (Lipinski definition) is 6. The Hall–Kier alpha value is -2.48. The van der Waals surface area contributed by atoms with Gasteiger partial charge >= 0.3 is 0 Å². The molecule has 1 fully saturated rings. The molecule has 1 saturated carbocycles. The molecule has 7 nitrogen and oxygen atoms in total. The zero-order chi connectivity index (χ0) is 17.9. The monoisotopic (exact) mass is 370 g/mol. The van der Waals surface area contributed by atoms with Gasteiger partial charge in [-0.25, -0.2) is 4.98 Å². The summed E-state index contributed by atoms with van der Waals surface area (Å²) in [5.41, 5.74) is 7.49. The van der Waals surface area contributed by atoms with Crippen molar-refractivity contribution >= 4 is 39.2 Å². The van der Waals surface area contributed by atoms with E-state index in [-0.39, 0.29) is 5.91 Å². The highest BCUT2D eigenvalue weighted by molar-refractivity contribution is 7.13. The Morgan fingerprint density at radius 3 is 2.85 bits per heavy atom. The molecule has 0 radical (unpaired) electrons. The molecular formula is C18H22N6OS. The van der Waals surface area contributed by atoms with Crippen LogP contribution in [0.15, 0.2) is 29.9 Å². The van der Waals surface area contributed by atoms with Gasteiger partial charge in [-0.15, -0.1) is 21.2 Å². The summed E-state index contributed by atoms with van der Waals surface area (Å²) in [6, 6.07) is 3.64. The van der Waals surface area contributed by atoms with E-state index in [2.05, 4.69) is 15.1 Å². The number of amides is 1. The summed E-state index contributed by atoms with van der Waals surface area (Å²) in [6.07, 6.45) is 11.0. The lowest BCUT2D eigenvalue weighted by molar-refractivity contribution is -0.119. The largest absolute Gasteiger partial charge is 0.380 e. The van der Waals surface area contributed by atoms with Gasteiger partial charge in [0.1, 0.15) is 11.0 Å². The normalized spacial score (nSPS) is 15.4. The number of carbonyl (C=O) groups is 1. The number of nitrogens with two attached hydrogens (primary N) is 1. The number of rotatable bonds is 5. The number of carbonyl (C=O) groups excluding carboxylic acids is 1. The fraction of sp³-hybridized carbons (Fsp3) is 0.444. The molecule has 2 N–H and O–H groups in total. The molecule has 3 aromatic rings. The van der Waals surface area contributed by atoms with Crippen LogP contribution >= 0.6 is 11.3 Å². The van der Waals surface area contributed by atoms with Gasteiger partial charge in [0.2, 0.25) is 11.0 Å². The summed E-state index contributed by atoms with van der Waals surface area (Å²) >= 11 is 1.39. The van der Waals surface area contributed by atoms with Crippen LogP contribution < -0.4 is 10.7 Å². The van der Waals surface area contributed by atoms with Crippen LogP contribution in [0.2, 0.25) is 0 Å². The lowest BCUT2D eigenvalue weighted by Gasteiger charge is -2.24. The Morgan fingerprint density at radius 2 is 2.12 bits per heavy atom. The van der Waals surface area contributed by atoms with E-state index in [1.54, 1.807) is 18.5 Å². The SMILES string of the molecule is Nc1c2ncccc2nn1N(C(=O)CCC1CCCCC1)c1nccs1. The molecule has 0 atom stereocenters. The third kappa shape index (κ3) is 3.29. The third-order valence-corrected chi connectivity index (χ3v) is 5.71. The molecule has 1 amide bonds. The molecule has 3 heterocycles. The predicted octanol–water partition coefficient (Wildman–Crippen LogP) is 3.63. The van der Waals surface area contributed by atoms with Crippen molar-refractivity contribution < 1.29 is 4.79 Å². The van der Waals surface area contributed by atoms with Crippen molar-refractivity contribution in [3.8, 4) is 0 Å². The van der Waals surface area contributed by atoms with E-state index in [1.807, 2.05) is 11.4 Å². The van der Waals surface area contributed by atoms with Crippen LogP contribution in [0.5, 0.6) is 0 Å². The lowest BCUT2D eigenvalue weighted by atomic mass is 9.86. The average Bonchev–Trinajstić information content (AvgIpc) is 3.31. The maximum absolute atomic E-state index is 13.1. The molecular weight excluding hydrogens is 348 g/mol. The Morgan fingerprint density at radius 1 is 1.27 bits per heavy atom. The first-order valence-corrected chi connectivity index (χ1v) is 9.94. The zero-order valence-electron chi connectivity index (χ0n) is 14.5. The number of pyridine rings is 1. The number of hydrogen-bond donors (Lipinski definition) is 1. The summed E-state index contributed by atoms with van der Waals surface area (Å²) in [5, 5.41) is 8.39. The van der Waals surface area contributed by atoms with Gasteiger partial charge in [-0.2, -0.15) is 5.01 Å². The van der Waals surface area contributed by atoms with Crippen molar-refractivity contribution in [2.24, 2.45) is 5.92 Å². The van der Waals surface area contributed by atoms with E-state index in [9.17, 15) is 4.79 Å². The van der Waals surface area contributed by atoms with Crippen LogP contribution in [0.4, 0.5) is 10.9 Å². The Kier molecular flexibility index (Phi) is 4.83. The van der Waals surface area contributed by atoms with E-state index < -0.39 is 0 Å². The third-order valence-electron chi connectivity index (χ3n) is 4.96. The molecule has 4 rings (SSSR count). The van der Waals surface area contributed by atoms with E-state index in [4.69, 9.17) is 5.73 Å². The van der Waals surface area contributed by atoms with Crippen LogP contribution in [-0.4, -0.2) is 25.8 Å². The molecule has 26 heavy (non-hydrogen) atoms. The second-order valence-electron chi connectivity index (χ2n) is 6.71. The molecule has 8 heteroatoms. The average molecular weight is 370 g/mol. The van der Waals surface area contributed by atoms with Gasteiger partial charge in [0, 0.05) is 24.2 Å². The van der Waals surface area contributed by atoms with Crippen molar-refractivity contribution in [3.05, 3.63) is 29.9 Å². The van der Waals surface area contributed by atoms with Gasteiger partial charge in [0.25, 0.3) is 0 Å². The Labute approximate surface area is 155 Å². The van der Waals surface area contributed by atoms with Crippen LogP contribution in [0.3, 0.4) is 0 Å².